The van der Waals surface area contributed by atoms with Crippen molar-refractivity contribution < 1.29 is 4.79 Å². The van der Waals surface area contributed by atoms with Crippen molar-refractivity contribution in [2.45, 2.75) is 38.5 Å². The summed E-state index contributed by atoms with van der Waals surface area (Å²) in [6.45, 7) is 5.75. The highest BCUT2D eigenvalue weighted by molar-refractivity contribution is 5.91. The third kappa shape index (κ3) is 4.40. The Balaban J connectivity index is 1.97. The van der Waals surface area contributed by atoms with Crippen LogP contribution in [0.15, 0.2) is 48.8 Å². The van der Waals surface area contributed by atoms with Crippen molar-refractivity contribution in [3.05, 3.63) is 59.9 Å². The van der Waals surface area contributed by atoms with E-state index in [0.717, 1.165) is 16.8 Å². The van der Waals surface area contributed by atoms with E-state index in [9.17, 15) is 4.79 Å². The second kappa shape index (κ2) is 7.06. The molecule has 0 aliphatic carbocycles. The summed E-state index contributed by atoms with van der Waals surface area (Å²) in [5.74, 6) is 0.0779. The van der Waals surface area contributed by atoms with Gasteiger partial charge in [0.2, 0.25) is 5.91 Å². The minimum absolute atomic E-state index is 0.0337. The van der Waals surface area contributed by atoms with Crippen LogP contribution in [0, 0.1) is 11.3 Å². The van der Waals surface area contributed by atoms with E-state index in [1.54, 1.807) is 12.4 Å². The predicted molar refractivity (Wildman–Crippen MR) is 91.0 cm³/mol. The van der Waals surface area contributed by atoms with Crippen LogP contribution in [0.25, 0.3) is 0 Å². The molecule has 2 rings (SSSR count). The molecule has 118 valence electrons. The average Bonchev–Trinajstić information content (AvgIpc) is 2.56. The van der Waals surface area contributed by atoms with Gasteiger partial charge in [0, 0.05) is 24.5 Å². The number of amides is 1. The second-order valence-electron chi connectivity index (χ2n) is 6.25. The zero-order valence-electron chi connectivity index (χ0n) is 13.7. The fourth-order valence-corrected chi connectivity index (χ4v) is 2.31. The first-order valence-corrected chi connectivity index (χ1v) is 7.64. The lowest BCUT2D eigenvalue weighted by molar-refractivity contribution is -0.116. The van der Waals surface area contributed by atoms with Gasteiger partial charge in [-0.3, -0.25) is 9.78 Å². The van der Waals surface area contributed by atoms with Crippen LogP contribution in [0.4, 0.5) is 5.69 Å². The standard InChI is InChI=1S/C19H21N3O/c1-14(15-5-4-10-21-12-15)11-18(23)22-17-8-6-16(7-9-17)19(2,3)13-20/h4-10,12,14H,11H2,1-3H3,(H,22,23)/t14-/m1/s1. The van der Waals surface area contributed by atoms with Crippen molar-refractivity contribution in [3.8, 4) is 6.07 Å². The van der Waals surface area contributed by atoms with Gasteiger partial charge in [-0.2, -0.15) is 5.26 Å². The first-order valence-electron chi connectivity index (χ1n) is 7.64. The maximum Gasteiger partial charge on any atom is 0.224 e. The van der Waals surface area contributed by atoms with Crippen LogP contribution in [0.2, 0.25) is 0 Å². The van der Waals surface area contributed by atoms with Crippen LogP contribution in [-0.4, -0.2) is 10.9 Å². The Hall–Kier alpha value is -2.67. The van der Waals surface area contributed by atoms with E-state index in [1.165, 1.54) is 0 Å². The minimum atomic E-state index is -0.530. The van der Waals surface area contributed by atoms with E-state index in [-0.39, 0.29) is 11.8 Å². The van der Waals surface area contributed by atoms with Gasteiger partial charge in [-0.25, -0.2) is 0 Å². The molecule has 0 fully saturated rings. The number of nitrogens with one attached hydrogen (secondary N) is 1. The van der Waals surface area contributed by atoms with Crippen molar-refractivity contribution >= 4 is 11.6 Å². The van der Waals surface area contributed by atoms with Crippen molar-refractivity contribution in [3.63, 3.8) is 0 Å². The van der Waals surface area contributed by atoms with Crippen LogP contribution in [0.5, 0.6) is 0 Å². The predicted octanol–water partition coefficient (Wildman–Crippen LogP) is 4.02. The largest absolute Gasteiger partial charge is 0.326 e. The van der Waals surface area contributed by atoms with E-state index >= 15 is 0 Å². The molecule has 1 atom stereocenters. The number of aromatic nitrogens is 1. The Kier molecular flexibility index (Phi) is 5.13. The highest BCUT2D eigenvalue weighted by Gasteiger charge is 2.19. The number of carbonyl (C=O) groups excluding carboxylic acids is 1. The summed E-state index contributed by atoms with van der Waals surface area (Å²) in [4.78, 5) is 16.2. The summed E-state index contributed by atoms with van der Waals surface area (Å²) in [5.41, 5.74) is 2.19. The van der Waals surface area contributed by atoms with Gasteiger partial charge in [-0.05, 0) is 49.1 Å². The van der Waals surface area contributed by atoms with E-state index in [0.29, 0.717) is 6.42 Å². The van der Waals surface area contributed by atoms with Gasteiger partial charge in [0.25, 0.3) is 0 Å². The molecule has 0 bridgehead atoms. The molecule has 0 aliphatic rings. The van der Waals surface area contributed by atoms with Crippen molar-refractivity contribution in [2.75, 3.05) is 5.32 Å². The molecule has 2 aromatic rings. The van der Waals surface area contributed by atoms with Crippen LogP contribution in [0.1, 0.15) is 44.2 Å². The van der Waals surface area contributed by atoms with Gasteiger partial charge >= 0.3 is 0 Å². The first kappa shape index (κ1) is 16.7. The Labute approximate surface area is 137 Å². The van der Waals surface area contributed by atoms with Gasteiger partial charge in [0.15, 0.2) is 0 Å². The van der Waals surface area contributed by atoms with E-state index in [4.69, 9.17) is 5.26 Å². The molecular weight excluding hydrogens is 286 g/mol. The smallest absolute Gasteiger partial charge is 0.224 e. The third-order valence-electron chi connectivity index (χ3n) is 3.91. The Bertz CT molecular complexity index is 700. The number of pyridine rings is 1. The van der Waals surface area contributed by atoms with Crippen LogP contribution in [-0.2, 0) is 10.2 Å². The third-order valence-corrected chi connectivity index (χ3v) is 3.91. The van der Waals surface area contributed by atoms with Crippen molar-refractivity contribution in [2.24, 2.45) is 0 Å². The van der Waals surface area contributed by atoms with Gasteiger partial charge in [0.05, 0.1) is 11.5 Å². The van der Waals surface area contributed by atoms with Gasteiger partial charge < -0.3 is 5.32 Å². The van der Waals surface area contributed by atoms with Crippen LogP contribution < -0.4 is 5.32 Å². The molecular formula is C19H21N3O. The number of hydrogen-bond acceptors (Lipinski definition) is 3. The highest BCUT2D eigenvalue weighted by atomic mass is 16.1. The Morgan fingerprint density at radius 3 is 2.57 bits per heavy atom. The molecule has 23 heavy (non-hydrogen) atoms. The molecule has 0 radical (unpaired) electrons. The number of hydrogen-bond donors (Lipinski definition) is 1. The van der Waals surface area contributed by atoms with Gasteiger partial charge in [0.1, 0.15) is 0 Å². The first-order chi connectivity index (χ1) is 10.9. The summed E-state index contributed by atoms with van der Waals surface area (Å²) in [6.07, 6.45) is 3.91. The second-order valence-corrected chi connectivity index (χ2v) is 6.25. The fourth-order valence-electron chi connectivity index (χ4n) is 2.31. The number of nitrogens with zero attached hydrogens (tertiary/aromatic N) is 2. The lowest BCUT2D eigenvalue weighted by Gasteiger charge is -2.16. The number of nitriles is 1. The van der Waals surface area contributed by atoms with Crippen LogP contribution >= 0.6 is 0 Å². The molecule has 1 aromatic carbocycles. The number of benzene rings is 1. The maximum absolute atomic E-state index is 12.2. The maximum atomic E-state index is 12.2. The summed E-state index contributed by atoms with van der Waals surface area (Å²) in [5, 5.41) is 12.0. The molecule has 1 heterocycles. The van der Waals surface area contributed by atoms with Crippen LogP contribution in [0.3, 0.4) is 0 Å². The Morgan fingerprint density at radius 2 is 2.00 bits per heavy atom. The summed E-state index contributed by atoms with van der Waals surface area (Å²) >= 11 is 0. The molecule has 0 saturated heterocycles. The number of carbonyl (C=O) groups is 1. The lowest BCUT2D eigenvalue weighted by Crippen LogP contribution is -2.16. The molecule has 4 heteroatoms. The highest BCUT2D eigenvalue weighted by Crippen LogP contribution is 2.24. The monoisotopic (exact) mass is 307 g/mol. The quantitative estimate of drug-likeness (QED) is 0.907. The van der Waals surface area contributed by atoms with Gasteiger partial charge in [-0.1, -0.05) is 25.1 Å². The normalized spacial score (nSPS) is 12.3. The molecule has 0 saturated carbocycles. The molecule has 0 aliphatic heterocycles. The molecule has 4 nitrogen and oxygen atoms in total. The van der Waals surface area contributed by atoms with Gasteiger partial charge in [-0.15, -0.1) is 0 Å². The lowest BCUT2D eigenvalue weighted by atomic mass is 9.86. The number of rotatable bonds is 5. The Morgan fingerprint density at radius 1 is 1.30 bits per heavy atom. The SMILES string of the molecule is C[C@H](CC(=O)Nc1ccc(C(C)(C)C#N)cc1)c1cccnc1. The molecule has 0 spiro atoms. The summed E-state index contributed by atoms with van der Waals surface area (Å²) in [6, 6.07) is 13.5. The topological polar surface area (TPSA) is 65.8 Å². The molecule has 1 N–H and O–H groups in total. The number of anilines is 1. The van der Waals surface area contributed by atoms with Crippen molar-refractivity contribution in [1.29, 1.82) is 5.26 Å². The molecule has 0 unspecified atom stereocenters. The molecule has 1 aromatic heterocycles. The molecule has 1 amide bonds. The van der Waals surface area contributed by atoms with E-state index in [2.05, 4.69) is 16.4 Å². The summed E-state index contributed by atoms with van der Waals surface area (Å²) < 4.78 is 0. The fraction of sp³-hybridized carbons (Fsp3) is 0.316. The zero-order valence-corrected chi connectivity index (χ0v) is 13.7. The van der Waals surface area contributed by atoms with E-state index < -0.39 is 5.41 Å². The van der Waals surface area contributed by atoms with E-state index in [1.807, 2.05) is 57.2 Å². The average molecular weight is 307 g/mol. The minimum Gasteiger partial charge on any atom is -0.326 e. The zero-order chi connectivity index (χ0) is 16.9. The summed E-state index contributed by atoms with van der Waals surface area (Å²) in [7, 11) is 0. The van der Waals surface area contributed by atoms with Crippen molar-refractivity contribution in [1.82, 2.24) is 4.98 Å².